The fourth-order valence-electron chi connectivity index (χ4n) is 0.192. The zero-order valence-corrected chi connectivity index (χ0v) is 7.20. The summed E-state index contributed by atoms with van der Waals surface area (Å²) in [4.78, 5) is 0. The normalized spacial score (nSPS) is 11.8. The predicted octanol–water partition coefficient (Wildman–Crippen LogP) is 1.000. The van der Waals surface area contributed by atoms with Gasteiger partial charge in [0, 0.05) is 0 Å². The van der Waals surface area contributed by atoms with Gasteiger partial charge in [-0.15, -0.1) is 11.8 Å². The molecule has 0 amide bonds. The van der Waals surface area contributed by atoms with Crippen molar-refractivity contribution < 1.29 is 8.42 Å². The molecule has 0 aliphatic rings. The molecule has 0 aliphatic heterocycles. The second kappa shape index (κ2) is 3.63. The summed E-state index contributed by atoms with van der Waals surface area (Å²) in [6.07, 6.45) is 3.35. The molecule has 0 aromatic rings. The van der Waals surface area contributed by atoms with Crippen LogP contribution in [-0.4, -0.2) is 26.0 Å². The van der Waals surface area contributed by atoms with Crippen LogP contribution in [0.5, 0.6) is 0 Å². The third-order valence-electron chi connectivity index (χ3n) is 0.516. The van der Waals surface area contributed by atoms with Crippen LogP contribution in [0.4, 0.5) is 0 Å². The summed E-state index contributed by atoms with van der Waals surface area (Å²) < 4.78 is 21.1. The fraction of sp³-hybridized carbons (Fsp3) is 1.00. The molecule has 0 aromatic carbocycles. The SMILES string of the molecule is CSCS(=O)(=O)SC. The van der Waals surface area contributed by atoms with Gasteiger partial charge in [-0.3, -0.25) is 0 Å². The van der Waals surface area contributed by atoms with Crippen molar-refractivity contribution in [3.05, 3.63) is 0 Å². The van der Waals surface area contributed by atoms with Crippen molar-refractivity contribution in [2.45, 2.75) is 0 Å². The van der Waals surface area contributed by atoms with Crippen molar-refractivity contribution in [2.75, 3.05) is 17.6 Å². The zero-order valence-electron chi connectivity index (χ0n) is 4.75. The molecule has 0 saturated heterocycles. The fourth-order valence-corrected chi connectivity index (χ4v) is 3.46. The van der Waals surface area contributed by atoms with E-state index >= 15 is 0 Å². The van der Waals surface area contributed by atoms with Crippen LogP contribution in [0.2, 0.25) is 0 Å². The van der Waals surface area contributed by atoms with Gasteiger partial charge in [-0.2, -0.15) is 0 Å². The molecule has 0 aliphatic carbocycles. The Morgan fingerprint density at radius 3 is 2.00 bits per heavy atom. The van der Waals surface area contributed by atoms with E-state index in [0.29, 0.717) is 0 Å². The summed E-state index contributed by atoms with van der Waals surface area (Å²) in [7, 11) is -1.89. The van der Waals surface area contributed by atoms with Crippen LogP contribution in [-0.2, 0) is 8.87 Å². The molecule has 0 radical (unpaired) electrons. The Hall–Kier alpha value is 0.650. The van der Waals surface area contributed by atoms with Gasteiger partial charge < -0.3 is 0 Å². The molecule has 0 fully saturated rings. The Bertz CT molecular complexity index is 137. The second-order valence-corrected chi connectivity index (χ2v) is 6.62. The van der Waals surface area contributed by atoms with Gasteiger partial charge >= 0.3 is 0 Å². The highest BCUT2D eigenvalue weighted by atomic mass is 33.1. The quantitative estimate of drug-likeness (QED) is 0.595. The molecule has 0 heterocycles. The van der Waals surface area contributed by atoms with E-state index in [0.717, 1.165) is 10.8 Å². The number of thioether (sulfide) groups is 1. The Labute approximate surface area is 57.7 Å². The van der Waals surface area contributed by atoms with Crippen LogP contribution in [0, 0.1) is 0 Å². The Kier molecular flexibility index (Phi) is 3.93. The topological polar surface area (TPSA) is 34.1 Å². The molecule has 0 N–H and O–H groups in total. The minimum absolute atomic E-state index is 0.216. The molecule has 0 unspecified atom stereocenters. The highest BCUT2D eigenvalue weighted by Gasteiger charge is 2.04. The van der Waals surface area contributed by atoms with E-state index in [1.807, 2.05) is 0 Å². The maximum absolute atomic E-state index is 10.5. The number of rotatable bonds is 3. The second-order valence-electron chi connectivity index (χ2n) is 1.13. The Morgan fingerprint density at radius 2 is 1.88 bits per heavy atom. The first kappa shape index (κ1) is 8.65. The van der Waals surface area contributed by atoms with Crippen LogP contribution in [0.15, 0.2) is 0 Å². The number of hydrogen-bond donors (Lipinski definition) is 0. The van der Waals surface area contributed by atoms with Crippen LogP contribution >= 0.6 is 22.6 Å². The van der Waals surface area contributed by atoms with E-state index in [-0.39, 0.29) is 5.08 Å². The molecule has 0 aromatic heterocycles. The summed E-state index contributed by atoms with van der Waals surface area (Å²) in [6, 6.07) is 0. The van der Waals surface area contributed by atoms with Crippen molar-refractivity contribution in [3.63, 3.8) is 0 Å². The van der Waals surface area contributed by atoms with Crippen molar-refractivity contribution in [3.8, 4) is 0 Å². The van der Waals surface area contributed by atoms with Gasteiger partial charge in [0.25, 0.3) is 0 Å². The average molecular weight is 172 g/mol. The van der Waals surface area contributed by atoms with Crippen molar-refractivity contribution >= 4 is 31.4 Å². The van der Waals surface area contributed by atoms with Gasteiger partial charge in [0.1, 0.15) is 5.08 Å². The lowest BCUT2D eigenvalue weighted by Gasteiger charge is -1.92. The maximum Gasteiger partial charge on any atom is 0.210 e. The predicted molar refractivity (Wildman–Crippen MR) is 40.8 cm³/mol. The van der Waals surface area contributed by atoms with Crippen molar-refractivity contribution in [1.82, 2.24) is 0 Å². The standard InChI is InChI=1S/C3H8O2S3/c1-6-3-8(4,5)7-2/h3H2,1-2H3. The van der Waals surface area contributed by atoms with Crippen LogP contribution in [0.1, 0.15) is 0 Å². The minimum atomic E-state index is -2.79. The van der Waals surface area contributed by atoms with Gasteiger partial charge in [-0.1, -0.05) is 0 Å². The van der Waals surface area contributed by atoms with Gasteiger partial charge in [0.05, 0.1) is 0 Å². The van der Waals surface area contributed by atoms with Gasteiger partial charge in [-0.25, -0.2) is 8.42 Å². The molecule has 0 bridgehead atoms. The van der Waals surface area contributed by atoms with E-state index in [9.17, 15) is 8.42 Å². The molecule has 0 atom stereocenters. The molecule has 8 heavy (non-hydrogen) atoms. The van der Waals surface area contributed by atoms with E-state index in [2.05, 4.69) is 0 Å². The van der Waals surface area contributed by atoms with Crippen LogP contribution < -0.4 is 0 Å². The Morgan fingerprint density at radius 1 is 1.38 bits per heavy atom. The first-order chi connectivity index (χ1) is 3.62. The third kappa shape index (κ3) is 3.63. The molecule has 0 saturated carbocycles. The molecular weight excluding hydrogens is 164 g/mol. The maximum atomic E-state index is 10.5. The average Bonchev–Trinajstić information content (AvgIpc) is 1.67. The molecule has 5 heteroatoms. The van der Waals surface area contributed by atoms with Gasteiger partial charge in [-0.05, 0) is 23.3 Å². The summed E-state index contributed by atoms with van der Waals surface area (Å²) >= 11 is 1.32. The summed E-state index contributed by atoms with van der Waals surface area (Å²) in [5, 5.41) is 0.216. The largest absolute Gasteiger partial charge is 0.217 e. The van der Waals surface area contributed by atoms with E-state index in [1.54, 1.807) is 12.5 Å². The molecule has 50 valence electrons. The lowest BCUT2D eigenvalue weighted by atomic mass is 11.9. The molecular formula is C3H8O2S3. The Balaban J connectivity index is 3.76. The molecule has 2 nitrogen and oxygen atoms in total. The van der Waals surface area contributed by atoms with Crippen molar-refractivity contribution in [2.24, 2.45) is 0 Å². The molecule has 0 rings (SSSR count). The van der Waals surface area contributed by atoms with Gasteiger partial charge in [0.2, 0.25) is 8.87 Å². The van der Waals surface area contributed by atoms with Crippen LogP contribution in [0.3, 0.4) is 0 Å². The van der Waals surface area contributed by atoms with E-state index < -0.39 is 8.87 Å². The van der Waals surface area contributed by atoms with Crippen molar-refractivity contribution in [1.29, 1.82) is 0 Å². The van der Waals surface area contributed by atoms with E-state index in [1.165, 1.54) is 11.8 Å². The highest BCUT2D eigenvalue weighted by Crippen LogP contribution is 2.12. The number of hydrogen-bond acceptors (Lipinski definition) is 4. The van der Waals surface area contributed by atoms with E-state index in [4.69, 9.17) is 0 Å². The smallest absolute Gasteiger partial charge is 0.210 e. The van der Waals surface area contributed by atoms with Gasteiger partial charge in [0.15, 0.2) is 0 Å². The van der Waals surface area contributed by atoms with Crippen LogP contribution in [0.25, 0.3) is 0 Å². The minimum Gasteiger partial charge on any atom is -0.217 e. The lowest BCUT2D eigenvalue weighted by molar-refractivity contribution is 0.615. The first-order valence-corrected chi connectivity index (χ1v) is 6.68. The zero-order chi connectivity index (χ0) is 6.62. The summed E-state index contributed by atoms with van der Waals surface area (Å²) in [5.74, 6) is 0. The third-order valence-corrected chi connectivity index (χ3v) is 5.51. The lowest BCUT2D eigenvalue weighted by Crippen LogP contribution is -1.93. The monoisotopic (exact) mass is 172 g/mol. The summed E-state index contributed by atoms with van der Waals surface area (Å²) in [5.41, 5.74) is 0. The highest BCUT2D eigenvalue weighted by molar-refractivity contribution is 8.73. The summed E-state index contributed by atoms with van der Waals surface area (Å²) in [6.45, 7) is 0. The molecule has 0 spiro atoms. The first-order valence-electron chi connectivity index (χ1n) is 1.89.